The van der Waals surface area contributed by atoms with Crippen molar-refractivity contribution in [1.82, 2.24) is 16.0 Å². The topological polar surface area (TPSA) is 220 Å². The molecular weight excluding hydrogens is 1130 g/mol. The van der Waals surface area contributed by atoms with Gasteiger partial charge in [0.15, 0.2) is 11.4 Å². The average Bonchev–Trinajstić information content (AvgIpc) is 0.826. The molecule has 4 atom stereocenters. The summed E-state index contributed by atoms with van der Waals surface area (Å²) in [6, 6.07) is 50.3. The van der Waals surface area contributed by atoms with Crippen LogP contribution in [0.15, 0.2) is 170 Å². The third-order valence-corrected chi connectivity index (χ3v) is 15.5. The number of aryl methyl sites for hydroxylation is 1. The van der Waals surface area contributed by atoms with Gasteiger partial charge in [-0.2, -0.15) is 0 Å². The maximum atomic E-state index is 16.1. The number of benzene rings is 6. The number of rotatable bonds is 32. The highest BCUT2D eigenvalue weighted by atomic mass is 35.5. The predicted molar refractivity (Wildman–Crippen MR) is 335 cm³/mol. The van der Waals surface area contributed by atoms with Crippen LogP contribution in [0.3, 0.4) is 0 Å². The van der Waals surface area contributed by atoms with Crippen molar-refractivity contribution in [2.45, 2.75) is 101 Å². The van der Waals surface area contributed by atoms with E-state index in [1.807, 2.05) is 159 Å². The number of ketones is 1. The minimum Gasteiger partial charge on any atom is -0.460 e. The number of nitrogens with one attached hydrogen (secondary N) is 3. The van der Waals surface area contributed by atoms with Crippen molar-refractivity contribution >= 4 is 59.0 Å². The lowest BCUT2D eigenvalue weighted by atomic mass is 9.79. The highest BCUT2D eigenvalue weighted by molar-refractivity contribution is 8.00. The number of nitrogens with two attached hydrogens (primary N) is 1. The third-order valence-electron chi connectivity index (χ3n) is 13.5. The molecule has 0 saturated carbocycles. The standard InChI is InChI=1S/C68H81ClN4O12S/c1-48-32-34-51(35-33-48)67(50-22-12-8-13-23-50,55-30-20-21-31-56(55)69)84-63(78)49(47-86-68(52-24-14-9-15-25-52,53-26-16-10-17-27-53)54-28-18-11-19-29-54)44-59(74)57(45-61(76)83-65(2,3)4)72-62(77)58(73-64(79)85-66(5,6)7)46-71-60(75)36-38-80-40-42-82-43-41-81-39-37-70/h8-35,49,57-58H,36-47,70H2,1-7H3,(H,71,75)(H,72,77)(H,73,79)/t49-,57-,58-,67?/m0/s1. The van der Waals surface area contributed by atoms with Crippen LogP contribution in [-0.4, -0.2) is 117 Å². The molecule has 0 spiro atoms. The van der Waals surface area contributed by atoms with Crippen LogP contribution in [0.2, 0.25) is 5.02 Å². The number of halogens is 1. The Balaban J connectivity index is 1.41. The van der Waals surface area contributed by atoms with E-state index in [4.69, 9.17) is 45.8 Å². The second-order valence-corrected chi connectivity index (χ2v) is 24.1. The number of hydrogen-bond acceptors (Lipinski definition) is 14. The second kappa shape index (κ2) is 32.9. The van der Waals surface area contributed by atoms with Gasteiger partial charge < -0.3 is 50.1 Å². The second-order valence-electron chi connectivity index (χ2n) is 22.5. The van der Waals surface area contributed by atoms with Gasteiger partial charge in [-0.25, -0.2) is 4.79 Å². The van der Waals surface area contributed by atoms with Crippen molar-refractivity contribution in [1.29, 1.82) is 0 Å². The summed E-state index contributed by atoms with van der Waals surface area (Å²) in [6.07, 6.45) is -2.36. The Morgan fingerprint density at radius 3 is 1.52 bits per heavy atom. The molecule has 1 unspecified atom stereocenters. The monoisotopic (exact) mass is 1210 g/mol. The number of alkyl carbamates (subject to hydrolysis) is 1. The van der Waals surface area contributed by atoms with Crippen molar-refractivity contribution in [3.8, 4) is 0 Å². The van der Waals surface area contributed by atoms with E-state index < -0.39 is 94.6 Å². The number of Topliss-reactive ketones (excluding diaryl/α,β-unsaturated/α-hetero) is 1. The largest absolute Gasteiger partial charge is 0.460 e. The third kappa shape index (κ3) is 20.1. The van der Waals surface area contributed by atoms with Crippen molar-refractivity contribution in [2.24, 2.45) is 11.7 Å². The van der Waals surface area contributed by atoms with Crippen molar-refractivity contribution < 1.29 is 57.2 Å². The highest BCUT2D eigenvalue weighted by Gasteiger charge is 2.46. The van der Waals surface area contributed by atoms with Gasteiger partial charge in [0.1, 0.15) is 17.2 Å². The molecule has 0 aliphatic rings. The van der Waals surface area contributed by atoms with E-state index in [1.54, 1.807) is 59.7 Å². The van der Waals surface area contributed by atoms with Gasteiger partial charge in [0.2, 0.25) is 11.8 Å². The molecule has 5 N–H and O–H groups in total. The zero-order valence-electron chi connectivity index (χ0n) is 50.1. The summed E-state index contributed by atoms with van der Waals surface area (Å²) in [5, 5.41) is 8.21. The van der Waals surface area contributed by atoms with E-state index in [1.165, 1.54) is 11.8 Å². The number of hydrogen-bond donors (Lipinski definition) is 4. The summed E-state index contributed by atoms with van der Waals surface area (Å²) in [5.41, 5.74) is 6.96. The van der Waals surface area contributed by atoms with Gasteiger partial charge >= 0.3 is 18.0 Å². The number of amides is 3. The molecule has 3 amide bonds. The van der Waals surface area contributed by atoms with Crippen molar-refractivity contribution in [3.05, 3.63) is 214 Å². The maximum Gasteiger partial charge on any atom is 0.408 e. The molecule has 0 fully saturated rings. The van der Waals surface area contributed by atoms with E-state index in [-0.39, 0.29) is 32.0 Å². The van der Waals surface area contributed by atoms with Gasteiger partial charge in [-0.15, -0.1) is 11.8 Å². The molecule has 458 valence electrons. The lowest BCUT2D eigenvalue weighted by Crippen LogP contribution is -2.56. The smallest absolute Gasteiger partial charge is 0.408 e. The molecule has 0 aromatic heterocycles. The first-order valence-electron chi connectivity index (χ1n) is 28.8. The van der Waals surface area contributed by atoms with Crippen LogP contribution in [0.25, 0.3) is 0 Å². The Morgan fingerprint density at radius 1 is 0.535 bits per heavy atom. The molecule has 18 heteroatoms. The number of carbonyl (C=O) groups excluding carboxylic acids is 6. The van der Waals surface area contributed by atoms with Gasteiger partial charge in [-0.3, -0.25) is 24.0 Å². The van der Waals surface area contributed by atoms with Crippen LogP contribution in [0, 0.1) is 12.8 Å². The average molecular weight is 1210 g/mol. The summed E-state index contributed by atoms with van der Waals surface area (Å²) in [7, 11) is 0. The molecule has 6 aromatic rings. The molecule has 6 aromatic carbocycles. The van der Waals surface area contributed by atoms with Crippen LogP contribution in [-0.2, 0) is 62.7 Å². The molecule has 0 saturated heterocycles. The first-order chi connectivity index (χ1) is 41.1. The fourth-order valence-corrected chi connectivity index (χ4v) is 11.4. The Morgan fingerprint density at radius 2 is 1.01 bits per heavy atom. The van der Waals surface area contributed by atoms with E-state index in [0.717, 1.165) is 22.3 Å². The summed E-state index contributed by atoms with van der Waals surface area (Å²) < 4.78 is 33.7. The molecule has 16 nitrogen and oxygen atoms in total. The van der Waals surface area contributed by atoms with Crippen molar-refractivity contribution in [2.75, 3.05) is 58.5 Å². The molecule has 0 aliphatic carbocycles. The first kappa shape index (κ1) is 67.7. The quantitative estimate of drug-likeness (QED) is 0.0134. The number of thioether (sulfide) groups is 1. The lowest BCUT2D eigenvalue weighted by Gasteiger charge is -2.38. The molecule has 6 rings (SSSR count). The Bertz CT molecular complexity index is 3010. The highest BCUT2D eigenvalue weighted by Crippen LogP contribution is 2.50. The van der Waals surface area contributed by atoms with E-state index in [9.17, 15) is 19.2 Å². The summed E-state index contributed by atoms with van der Waals surface area (Å²) >= 11 is 8.60. The molecule has 0 aliphatic heterocycles. The summed E-state index contributed by atoms with van der Waals surface area (Å²) in [6.45, 7) is 13.5. The van der Waals surface area contributed by atoms with E-state index >= 15 is 9.59 Å². The fourth-order valence-electron chi connectivity index (χ4n) is 9.50. The zero-order chi connectivity index (χ0) is 62.2. The van der Waals surface area contributed by atoms with Crippen molar-refractivity contribution in [3.63, 3.8) is 0 Å². The van der Waals surface area contributed by atoms with Gasteiger partial charge in [-0.1, -0.05) is 181 Å². The Labute approximate surface area is 514 Å². The van der Waals surface area contributed by atoms with Crippen LogP contribution in [0.5, 0.6) is 0 Å². The lowest BCUT2D eigenvalue weighted by molar-refractivity contribution is -0.159. The molecule has 0 radical (unpaired) electrons. The van der Waals surface area contributed by atoms with Gasteiger partial charge in [0, 0.05) is 53.4 Å². The molecule has 0 heterocycles. The Hall–Kier alpha value is -7.38. The number of carbonyl (C=O) groups is 6. The Kier molecular flexibility index (Phi) is 25.9. The minimum absolute atomic E-state index is 0.0165. The number of esters is 2. The predicted octanol–water partition coefficient (Wildman–Crippen LogP) is 10.4. The minimum atomic E-state index is -1.69. The SMILES string of the molecule is Cc1ccc(C(OC(=O)[C@H](CSC(c2ccccc2)(c2ccccc2)c2ccccc2)CC(=O)[C@H](CC(=O)OC(C)(C)C)NC(=O)[C@H](CNC(=O)CCOCCOCCOCCN)NC(=O)OC(C)(C)C)(c2ccccc2)c2ccccc2Cl)cc1. The van der Waals surface area contributed by atoms with E-state index in [2.05, 4.69) is 16.0 Å². The summed E-state index contributed by atoms with van der Waals surface area (Å²) in [4.78, 5) is 87.1. The molecule has 0 bridgehead atoms. The van der Waals surface area contributed by atoms with Crippen LogP contribution >= 0.6 is 23.4 Å². The maximum absolute atomic E-state index is 16.1. The normalized spacial score (nSPS) is 13.5. The van der Waals surface area contributed by atoms with Gasteiger partial charge in [0.05, 0.1) is 62.8 Å². The molecule has 86 heavy (non-hydrogen) atoms. The van der Waals surface area contributed by atoms with E-state index in [0.29, 0.717) is 48.1 Å². The zero-order valence-corrected chi connectivity index (χ0v) is 51.7. The van der Waals surface area contributed by atoms with Crippen LogP contribution < -0.4 is 21.7 Å². The first-order valence-corrected chi connectivity index (χ1v) is 30.2. The summed E-state index contributed by atoms with van der Waals surface area (Å²) in [5.74, 6) is -5.21. The molecular formula is C68H81ClN4O12S. The number of ether oxygens (including phenoxy) is 6. The fraction of sp³-hybridized carbons (Fsp3) is 0.382. The van der Waals surface area contributed by atoms with Crippen LogP contribution in [0.4, 0.5) is 4.79 Å². The van der Waals surface area contributed by atoms with Gasteiger partial charge in [-0.05, 0) is 71.2 Å². The van der Waals surface area contributed by atoms with Gasteiger partial charge in [0.25, 0.3) is 0 Å². The van der Waals surface area contributed by atoms with Crippen LogP contribution in [0.1, 0.15) is 99.7 Å².